The van der Waals surface area contributed by atoms with Crippen molar-refractivity contribution < 1.29 is 4.42 Å². The summed E-state index contributed by atoms with van der Waals surface area (Å²) in [6.45, 7) is 16.9. The molecule has 0 amide bonds. The van der Waals surface area contributed by atoms with Gasteiger partial charge in [-0.05, 0) is 29.5 Å². The van der Waals surface area contributed by atoms with Gasteiger partial charge in [0.2, 0.25) is 0 Å². The minimum atomic E-state index is -1.83. The van der Waals surface area contributed by atoms with Gasteiger partial charge in [-0.1, -0.05) is 41.5 Å². The molecule has 0 atom stereocenters. The molecule has 0 radical (unpaired) electrons. The lowest BCUT2D eigenvalue weighted by Gasteiger charge is -2.39. The Labute approximate surface area is 176 Å². The molecule has 3 heterocycles. The average molecular weight is 413 g/mol. The molecule has 5 nitrogen and oxygen atoms in total. The molecule has 1 aliphatic heterocycles. The Morgan fingerprint density at radius 3 is 2.34 bits per heavy atom. The monoisotopic (exact) mass is 412 g/mol. The number of fused-ring (bicyclic) bond motifs is 1. The van der Waals surface area contributed by atoms with E-state index in [9.17, 15) is 0 Å². The van der Waals surface area contributed by atoms with Crippen molar-refractivity contribution in [2.45, 2.75) is 96.4 Å². The second-order valence-electron chi connectivity index (χ2n) is 9.96. The van der Waals surface area contributed by atoms with Crippen LogP contribution >= 0.6 is 0 Å². The van der Waals surface area contributed by atoms with E-state index >= 15 is 0 Å². The van der Waals surface area contributed by atoms with Crippen LogP contribution in [0.2, 0.25) is 16.6 Å². The van der Waals surface area contributed by atoms with Gasteiger partial charge in [-0.3, -0.25) is 4.90 Å². The lowest BCUT2D eigenvalue weighted by atomic mass is 10.1. The predicted molar refractivity (Wildman–Crippen MR) is 119 cm³/mol. The first-order valence-corrected chi connectivity index (χ1v) is 13.6. The Morgan fingerprint density at radius 1 is 1.03 bits per heavy atom. The fraction of sp³-hybridized carbons (Fsp3) is 0.696. The van der Waals surface area contributed by atoms with Gasteiger partial charge in [-0.2, -0.15) is 0 Å². The van der Waals surface area contributed by atoms with Gasteiger partial charge in [-0.15, -0.1) is 0 Å². The number of hydrogen-bond acceptors (Lipinski definition) is 5. The van der Waals surface area contributed by atoms with E-state index in [1.54, 1.807) is 0 Å². The van der Waals surface area contributed by atoms with Crippen molar-refractivity contribution in [1.82, 2.24) is 19.9 Å². The molecule has 1 saturated carbocycles. The summed E-state index contributed by atoms with van der Waals surface area (Å²) in [5, 5.41) is 0. The van der Waals surface area contributed by atoms with Crippen LogP contribution < -0.4 is 5.51 Å². The SMILES string of the molecule is CC(C)[Si](c1ncc(CN2CCc3nc(C4CC4)ncc3C2)o1)(C(C)C)C(C)C. The van der Waals surface area contributed by atoms with Gasteiger partial charge in [0.15, 0.2) is 13.6 Å². The molecular formula is C23H36N4OSi. The van der Waals surface area contributed by atoms with Crippen molar-refractivity contribution in [2.24, 2.45) is 0 Å². The number of oxazole rings is 1. The third-order valence-electron chi connectivity index (χ3n) is 7.14. The normalized spacial score (nSPS) is 18.1. The summed E-state index contributed by atoms with van der Waals surface area (Å²) in [6.07, 6.45) is 7.55. The molecule has 29 heavy (non-hydrogen) atoms. The largest absolute Gasteiger partial charge is 0.449 e. The Balaban J connectivity index is 1.49. The Kier molecular flexibility index (Phi) is 5.68. The Hall–Kier alpha value is -1.53. The molecule has 2 aromatic heterocycles. The van der Waals surface area contributed by atoms with E-state index in [0.717, 1.165) is 43.2 Å². The first-order chi connectivity index (χ1) is 13.8. The van der Waals surface area contributed by atoms with E-state index in [1.165, 1.54) is 24.1 Å². The summed E-state index contributed by atoms with van der Waals surface area (Å²) in [5.41, 5.74) is 5.39. The molecule has 0 aromatic carbocycles. The van der Waals surface area contributed by atoms with Crippen molar-refractivity contribution >= 4 is 13.6 Å². The van der Waals surface area contributed by atoms with Crippen LogP contribution in [0.25, 0.3) is 0 Å². The van der Waals surface area contributed by atoms with Crippen molar-refractivity contribution in [2.75, 3.05) is 6.54 Å². The molecule has 0 N–H and O–H groups in total. The smallest absolute Gasteiger partial charge is 0.167 e. The average Bonchev–Trinajstić information content (AvgIpc) is 3.41. The summed E-state index contributed by atoms with van der Waals surface area (Å²) in [4.78, 5) is 16.7. The molecular weight excluding hydrogens is 376 g/mol. The van der Waals surface area contributed by atoms with Crippen LogP contribution in [-0.2, 0) is 19.5 Å². The first-order valence-electron chi connectivity index (χ1n) is 11.3. The minimum Gasteiger partial charge on any atom is -0.449 e. The van der Waals surface area contributed by atoms with Gasteiger partial charge in [0.05, 0.1) is 12.7 Å². The molecule has 158 valence electrons. The lowest BCUT2D eigenvalue weighted by molar-refractivity contribution is 0.224. The summed E-state index contributed by atoms with van der Waals surface area (Å²) >= 11 is 0. The molecule has 1 aliphatic carbocycles. The summed E-state index contributed by atoms with van der Waals surface area (Å²) < 4.78 is 6.46. The number of aromatic nitrogens is 3. The fourth-order valence-corrected chi connectivity index (χ4v) is 11.7. The molecule has 2 aliphatic rings. The maximum Gasteiger partial charge on any atom is 0.167 e. The van der Waals surface area contributed by atoms with E-state index < -0.39 is 8.07 Å². The molecule has 4 rings (SSSR count). The first kappa shape index (κ1) is 20.7. The lowest BCUT2D eigenvalue weighted by Crippen LogP contribution is -2.56. The van der Waals surface area contributed by atoms with Crippen LogP contribution in [-0.4, -0.2) is 34.5 Å². The van der Waals surface area contributed by atoms with E-state index in [4.69, 9.17) is 14.4 Å². The molecule has 0 spiro atoms. The predicted octanol–water partition coefficient (Wildman–Crippen LogP) is 4.79. The maximum atomic E-state index is 6.46. The van der Waals surface area contributed by atoms with Crippen LogP contribution in [0.15, 0.2) is 16.8 Å². The number of rotatable bonds is 7. The molecule has 1 fully saturated rings. The molecule has 2 aromatic rings. The van der Waals surface area contributed by atoms with Gasteiger partial charge in [0.25, 0.3) is 0 Å². The zero-order valence-electron chi connectivity index (χ0n) is 18.9. The standard InChI is InChI=1S/C23H36N4OSi/c1-15(2)29(16(3)4,17(5)6)23-25-12-20(28-23)14-27-10-9-21-19(13-27)11-24-22(26-21)18-7-8-18/h11-12,15-18H,7-10,13-14H2,1-6H3. The second-order valence-corrected chi connectivity index (χ2v) is 15.7. The highest BCUT2D eigenvalue weighted by Crippen LogP contribution is 2.41. The van der Waals surface area contributed by atoms with Crippen molar-refractivity contribution in [1.29, 1.82) is 0 Å². The van der Waals surface area contributed by atoms with Crippen LogP contribution in [0.1, 0.15) is 83.1 Å². The maximum absolute atomic E-state index is 6.46. The van der Waals surface area contributed by atoms with E-state index in [2.05, 4.69) is 57.6 Å². The van der Waals surface area contributed by atoms with E-state index in [0.29, 0.717) is 22.5 Å². The van der Waals surface area contributed by atoms with E-state index in [-0.39, 0.29) is 0 Å². The van der Waals surface area contributed by atoms with Crippen molar-refractivity contribution in [3.8, 4) is 0 Å². The quantitative estimate of drug-likeness (QED) is 0.612. The molecule has 0 bridgehead atoms. The summed E-state index contributed by atoms with van der Waals surface area (Å²) in [7, 11) is -1.83. The van der Waals surface area contributed by atoms with Gasteiger partial charge in [0.1, 0.15) is 11.6 Å². The highest BCUT2D eigenvalue weighted by atomic mass is 28.3. The van der Waals surface area contributed by atoms with Gasteiger partial charge < -0.3 is 4.42 Å². The van der Waals surface area contributed by atoms with Crippen LogP contribution in [0.3, 0.4) is 0 Å². The Morgan fingerprint density at radius 2 is 1.72 bits per heavy atom. The fourth-order valence-electron chi connectivity index (χ4n) is 5.61. The number of nitrogens with zero attached hydrogens (tertiary/aromatic N) is 4. The van der Waals surface area contributed by atoms with Crippen LogP contribution in [0.5, 0.6) is 0 Å². The zero-order valence-corrected chi connectivity index (χ0v) is 19.9. The highest BCUT2D eigenvalue weighted by molar-refractivity contribution is 6.93. The highest BCUT2D eigenvalue weighted by Gasteiger charge is 2.49. The summed E-state index contributed by atoms with van der Waals surface area (Å²) in [6, 6.07) is 0. The second kappa shape index (κ2) is 7.95. The molecule has 0 saturated heterocycles. The van der Waals surface area contributed by atoms with E-state index in [1.807, 2.05) is 6.20 Å². The Bertz CT molecular complexity index is 835. The third-order valence-corrected chi connectivity index (χ3v) is 13.8. The molecule has 6 heteroatoms. The van der Waals surface area contributed by atoms with Crippen molar-refractivity contribution in [3.05, 3.63) is 35.2 Å². The number of hydrogen-bond donors (Lipinski definition) is 0. The topological polar surface area (TPSA) is 55.1 Å². The van der Waals surface area contributed by atoms with Gasteiger partial charge in [0, 0.05) is 42.9 Å². The minimum absolute atomic E-state index is 0.605. The van der Waals surface area contributed by atoms with Crippen LogP contribution in [0, 0.1) is 0 Å². The third kappa shape index (κ3) is 3.81. The van der Waals surface area contributed by atoms with Crippen molar-refractivity contribution in [3.63, 3.8) is 0 Å². The summed E-state index contributed by atoms with van der Waals surface area (Å²) in [5.74, 6) is 2.69. The van der Waals surface area contributed by atoms with Gasteiger partial charge >= 0.3 is 0 Å². The zero-order chi connectivity index (χ0) is 20.8. The van der Waals surface area contributed by atoms with Crippen LogP contribution in [0.4, 0.5) is 0 Å². The van der Waals surface area contributed by atoms with Gasteiger partial charge in [-0.25, -0.2) is 15.0 Å². The molecule has 0 unspecified atom stereocenters.